The van der Waals surface area contributed by atoms with E-state index in [4.69, 9.17) is 0 Å². The first-order valence-electron chi connectivity index (χ1n) is 6.07. The third kappa shape index (κ3) is 5.04. The van der Waals surface area contributed by atoms with E-state index >= 15 is 0 Å². The van der Waals surface area contributed by atoms with Crippen molar-refractivity contribution in [3.63, 3.8) is 0 Å². The summed E-state index contributed by atoms with van der Waals surface area (Å²) in [6.07, 6.45) is -0.0798. The number of hydrogen-bond donors (Lipinski definition) is 2. The van der Waals surface area contributed by atoms with Gasteiger partial charge in [-0.2, -0.15) is 0 Å². The van der Waals surface area contributed by atoms with Crippen molar-refractivity contribution in [1.29, 1.82) is 0 Å². The Bertz CT molecular complexity index is 544. The summed E-state index contributed by atoms with van der Waals surface area (Å²) in [6, 6.07) is 1.23. The number of nitrogens with zero attached hydrogens (tertiary/aromatic N) is 1. The quantitative estimate of drug-likeness (QED) is 0.439. The molecule has 0 aliphatic heterocycles. The fraction of sp³-hybridized carbons (Fsp3) is 0.500. The Kier molecular flexibility index (Phi) is 6.23. The van der Waals surface area contributed by atoms with Crippen LogP contribution in [-0.4, -0.2) is 40.7 Å². The van der Waals surface area contributed by atoms with Gasteiger partial charge in [-0.05, 0) is 13.8 Å². The van der Waals surface area contributed by atoms with E-state index in [-0.39, 0.29) is 17.9 Å². The monoisotopic (exact) mass is 299 g/mol. The molecule has 1 aromatic heterocycles. The molecule has 0 unspecified atom stereocenters. The number of aromatic amines is 1. The van der Waals surface area contributed by atoms with E-state index in [1.807, 2.05) is 6.92 Å². The molecular weight excluding hydrogens is 282 g/mol. The van der Waals surface area contributed by atoms with E-state index < -0.39 is 11.2 Å². The minimum atomic E-state index is -0.476. The lowest BCUT2D eigenvalue weighted by Crippen LogP contribution is -2.30. The van der Waals surface area contributed by atoms with Gasteiger partial charge in [0.1, 0.15) is 0 Å². The van der Waals surface area contributed by atoms with E-state index in [9.17, 15) is 14.4 Å². The average molecular weight is 299 g/mol. The van der Waals surface area contributed by atoms with Crippen LogP contribution in [0.1, 0.15) is 19.5 Å². The lowest BCUT2D eigenvalue weighted by molar-refractivity contribution is -0.139. The normalized spacial score (nSPS) is 11.8. The minimum Gasteiger partial charge on any atom is -0.469 e. The highest BCUT2D eigenvalue weighted by Gasteiger charge is 2.16. The largest absolute Gasteiger partial charge is 0.469 e. The fourth-order valence-electron chi connectivity index (χ4n) is 1.39. The summed E-state index contributed by atoms with van der Waals surface area (Å²) in [5.41, 5.74) is -0.0595. The summed E-state index contributed by atoms with van der Waals surface area (Å²) in [7, 11) is 1.27. The van der Waals surface area contributed by atoms with Crippen LogP contribution in [-0.2, 0) is 20.7 Å². The van der Waals surface area contributed by atoms with Crippen LogP contribution in [0.15, 0.2) is 16.0 Å². The van der Waals surface area contributed by atoms with Gasteiger partial charge in [0.2, 0.25) is 5.91 Å². The number of amides is 1. The number of methoxy groups -OCH3 is 1. The van der Waals surface area contributed by atoms with Crippen molar-refractivity contribution >= 4 is 23.6 Å². The zero-order valence-electron chi connectivity index (χ0n) is 11.6. The predicted octanol–water partition coefficient (Wildman–Crippen LogP) is 0.102. The Morgan fingerprint density at radius 2 is 2.25 bits per heavy atom. The van der Waals surface area contributed by atoms with Crippen LogP contribution in [0.5, 0.6) is 0 Å². The molecular formula is C12H17N3O4S. The summed E-state index contributed by atoms with van der Waals surface area (Å²) < 4.78 is 4.52. The molecule has 1 rings (SSSR count). The van der Waals surface area contributed by atoms with Crippen LogP contribution < -0.4 is 10.9 Å². The number of thioether (sulfide) groups is 1. The van der Waals surface area contributed by atoms with Crippen LogP contribution in [0.25, 0.3) is 0 Å². The van der Waals surface area contributed by atoms with E-state index in [1.165, 1.54) is 13.2 Å². The van der Waals surface area contributed by atoms with Gasteiger partial charge in [-0.25, -0.2) is 4.98 Å². The van der Waals surface area contributed by atoms with Gasteiger partial charge in [0, 0.05) is 12.6 Å². The number of hydrogen-bond acceptors (Lipinski definition) is 6. The molecule has 2 N–H and O–H groups in total. The van der Waals surface area contributed by atoms with Crippen molar-refractivity contribution in [2.75, 3.05) is 13.7 Å². The van der Waals surface area contributed by atoms with Crippen LogP contribution in [0.4, 0.5) is 0 Å². The zero-order valence-corrected chi connectivity index (χ0v) is 12.4. The maximum atomic E-state index is 11.6. The van der Waals surface area contributed by atoms with Crippen molar-refractivity contribution in [1.82, 2.24) is 15.3 Å². The van der Waals surface area contributed by atoms with Crippen molar-refractivity contribution < 1.29 is 14.3 Å². The highest BCUT2D eigenvalue weighted by atomic mass is 32.2. The van der Waals surface area contributed by atoms with Gasteiger partial charge in [-0.1, -0.05) is 11.8 Å². The van der Waals surface area contributed by atoms with E-state index in [2.05, 4.69) is 20.0 Å². The number of aromatic nitrogens is 2. The number of carbonyl (C=O) groups excluding carboxylic acids is 2. The smallest absolute Gasteiger partial charge is 0.311 e. The second kappa shape index (κ2) is 7.68. The number of carbonyl (C=O) groups is 2. The number of esters is 1. The molecule has 20 heavy (non-hydrogen) atoms. The van der Waals surface area contributed by atoms with Crippen molar-refractivity contribution in [3.05, 3.63) is 22.1 Å². The SMILES string of the molecule is CCNC(=O)[C@@H](C)Sc1nc(CC(=O)OC)cc(=O)[nH]1. The van der Waals surface area contributed by atoms with Gasteiger partial charge < -0.3 is 15.0 Å². The first-order valence-corrected chi connectivity index (χ1v) is 6.95. The molecule has 1 aromatic rings. The molecule has 1 amide bonds. The second-order valence-electron chi connectivity index (χ2n) is 3.95. The Morgan fingerprint density at radius 1 is 1.55 bits per heavy atom. The first-order chi connectivity index (χ1) is 9.46. The third-order valence-corrected chi connectivity index (χ3v) is 3.32. The molecule has 0 fully saturated rings. The van der Waals surface area contributed by atoms with Gasteiger partial charge >= 0.3 is 5.97 Å². The second-order valence-corrected chi connectivity index (χ2v) is 5.28. The predicted molar refractivity (Wildman–Crippen MR) is 74.6 cm³/mol. The molecule has 0 bridgehead atoms. The van der Waals surface area contributed by atoms with Gasteiger partial charge in [-0.3, -0.25) is 14.4 Å². The molecule has 110 valence electrons. The molecule has 0 radical (unpaired) electrons. The van der Waals surface area contributed by atoms with Crippen molar-refractivity contribution in [2.24, 2.45) is 0 Å². The average Bonchev–Trinajstić information content (AvgIpc) is 2.38. The lowest BCUT2D eigenvalue weighted by atomic mass is 10.3. The molecule has 0 aliphatic rings. The fourth-order valence-corrected chi connectivity index (χ4v) is 2.24. The highest BCUT2D eigenvalue weighted by Crippen LogP contribution is 2.18. The Hall–Kier alpha value is -1.83. The first kappa shape index (κ1) is 16.2. The number of nitrogens with one attached hydrogen (secondary N) is 2. The van der Waals surface area contributed by atoms with Gasteiger partial charge in [0.05, 0.1) is 24.5 Å². The molecule has 8 heteroatoms. The standard InChI is InChI=1S/C12H17N3O4S/c1-4-13-11(18)7(2)20-12-14-8(5-9(16)15-12)6-10(17)19-3/h5,7H,4,6H2,1-3H3,(H,13,18)(H,14,15,16)/t7-/m1/s1. The Labute approximate surface area is 120 Å². The van der Waals surface area contributed by atoms with Crippen molar-refractivity contribution in [2.45, 2.75) is 30.7 Å². The Balaban J connectivity index is 2.82. The van der Waals surface area contributed by atoms with Gasteiger partial charge in [0.25, 0.3) is 5.56 Å². The number of rotatable bonds is 6. The van der Waals surface area contributed by atoms with Crippen LogP contribution >= 0.6 is 11.8 Å². The van der Waals surface area contributed by atoms with Gasteiger partial charge in [-0.15, -0.1) is 0 Å². The maximum Gasteiger partial charge on any atom is 0.311 e. The lowest BCUT2D eigenvalue weighted by Gasteiger charge is -2.10. The van der Waals surface area contributed by atoms with E-state index in [0.717, 1.165) is 11.8 Å². The summed E-state index contributed by atoms with van der Waals surface area (Å²) in [5, 5.41) is 2.59. The molecule has 0 aliphatic carbocycles. The number of ether oxygens (including phenoxy) is 1. The van der Waals surface area contributed by atoms with E-state index in [0.29, 0.717) is 17.4 Å². The summed E-state index contributed by atoms with van der Waals surface area (Å²) in [6.45, 7) is 4.07. The minimum absolute atomic E-state index is 0.0798. The summed E-state index contributed by atoms with van der Waals surface area (Å²) >= 11 is 1.12. The molecule has 0 saturated heterocycles. The third-order valence-electron chi connectivity index (χ3n) is 2.33. The topological polar surface area (TPSA) is 101 Å². The number of H-pyrrole nitrogens is 1. The zero-order chi connectivity index (χ0) is 15.1. The van der Waals surface area contributed by atoms with Crippen LogP contribution in [0, 0.1) is 0 Å². The van der Waals surface area contributed by atoms with Crippen LogP contribution in [0.3, 0.4) is 0 Å². The maximum absolute atomic E-state index is 11.6. The molecule has 0 aromatic carbocycles. The summed E-state index contributed by atoms with van der Waals surface area (Å²) in [4.78, 5) is 40.9. The van der Waals surface area contributed by atoms with E-state index in [1.54, 1.807) is 6.92 Å². The highest BCUT2D eigenvalue weighted by molar-refractivity contribution is 8.00. The Morgan fingerprint density at radius 3 is 2.85 bits per heavy atom. The molecule has 0 spiro atoms. The van der Waals surface area contributed by atoms with Crippen molar-refractivity contribution in [3.8, 4) is 0 Å². The van der Waals surface area contributed by atoms with Gasteiger partial charge in [0.15, 0.2) is 5.16 Å². The molecule has 0 saturated carbocycles. The molecule has 7 nitrogen and oxygen atoms in total. The summed E-state index contributed by atoms with van der Waals surface area (Å²) in [5.74, 6) is -0.616. The molecule has 1 atom stereocenters. The molecule has 1 heterocycles. The van der Waals surface area contributed by atoms with Crippen LogP contribution in [0.2, 0.25) is 0 Å².